The van der Waals surface area contributed by atoms with Crippen LogP contribution in [0.2, 0.25) is 5.02 Å². The summed E-state index contributed by atoms with van der Waals surface area (Å²) in [5.74, 6) is 0.132. The van der Waals surface area contributed by atoms with Gasteiger partial charge < -0.3 is 19.7 Å². The smallest absolute Gasteiger partial charge is 0.410 e. The number of ether oxygens (including phenoxy) is 2. The Morgan fingerprint density at radius 1 is 1.25 bits per heavy atom. The molecule has 196 valence electrons. The molecule has 2 aliphatic carbocycles. The van der Waals surface area contributed by atoms with E-state index >= 15 is 0 Å². The molecule has 0 aromatic heterocycles. The Morgan fingerprint density at radius 2 is 1.97 bits per heavy atom. The predicted molar refractivity (Wildman–Crippen MR) is 136 cm³/mol. The molecule has 1 N–H and O–H groups in total. The Kier molecular flexibility index (Phi) is 5.90. The molecule has 2 saturated carbocycles. The standard InChI is InChI=1S/C28H37ClN2O5/c1-25(2,3)36-24(34)31-14-22-26(4,5)28(22,16-31)20(11-17-13-27(9-10-27)30-23(17)33)21(32)15-35-19-8-6-7-18(29)12-19/h6-8,12,17,20,22H,9-11,13-16H2,1-5H3,(H,30,33)/t17?,20-,22?,28?/m1/s1. The molecule has 4 atom stereocenters. The van der Waals surface area contributed by atoms with Gasteiger partial charge in [-0.2, -0.15) is 0 Å². The highest BCUT2D eigenvalue weighted by atomic mass is 35.5. The highest BCUT2D eigenvalue weighted by molar-refractivity contribution is 6.30. The van der Waals surface area contributed by atoms with Crippen LogP contribution in [0.1, 0.15) is 60.3 Å². The lowest BCUT2D eigenvalue weighted by Crippen LogP contribution is -2.43. The van der Waals surface area contributed by atoms with Crippen LogP contribution < -0.4 is 10.1 Å². The lowest BCUT2D eigenvalue weighted by Gasteiger charge is -2.33. The second-order valence-electron chi connectivity index (χ2n) is 12.8. The van der Waals surface area contributed by atoms with E-state index in [-0.39, 0.29) is 47.2 Å². The fourth-order valence-electron chi connectivity index (χ4n) is 6.95. The molecule has 3 unspecified atom stereocenters. The van der Waals surface area contributed by atoms with Gasteiger partial charge in [-0.25, -0.2) is 4.79 Å². The van der Waals surface area contributed by atoms with Gasteiger partial charge in [0.15, 0.2) is 5.78 Å². The first-order chi connectivity index (χ1) is 16.8. The highest BCUT2D eigenvalue weighted by Crippen LogP contribution is 2.76. The minimum Gasteiger partial charge on any atom is -0.486 e. The summed E-state index contributed by atoms with van der Waals surface area (Å²) in [6.45, 7) is 10.8. The molecule has 4 aliphatic rings. The number of piperidine rings is 1. The quantitative estimate of drug-likeness (QED) is 0.559. The molecule has 0 bridgehead atoms. The first-order valence-corrected chi connectivity index (χ1v) is 13.4. The number of carbonyl (C=O) groups is 3. The first-order valence-electron chi connectivity index (χ1n) is 13.0. The van der Waals surface area contributed by atoms with Crippen molar-refractivity contribution >= 4 is 29.4 Å². The van der Waals surface area contributed by atoms with E-state index in [0.717, 1.165) is 19.3 Å². The van der Waals surface area contributed by atoms with Crippen LogP contribution in [0.25, 0.3) is 0 Å². The maximum Gasteiger partial charge on any atom is 0.410 e. The summed E-state index contributed by atoms with van der Waals surface area (Å²) < 4.78 is 11.5. The van der Waals surface area contributed by atoms with E-state index in [1.165, 1.54) is 0 Å². The maximum atomic E-state index is 13.9. The zero-order valence-corrected chi connectivity index (χ0v) is 22.6. The molecule has 2 amide bonds. The second-order valence-corrected chi connectivity index (χ2v) is 13.3. The molecule has 1 aromatic rings. The molecular formula is C28H37ClN2O5. The number of carbonyl (C=O) groups excluding carboxylic acids is 3. The van der Waals surface area contributed by atoms with E-state index < -0.39 is 16.9 Å². The van der Waals surface area contributed by atoms with Crippen LogP contribution in [-0.4, -0.2) is 53.5 Å². The number of amides is 2. The van der Waals surface area contributed by atoms with Crippen LogP contribution in [0.4, 0.5) is 4.79 Å². The molecule has 7 nitrogen and oxygen atoms in total. The number of rotatable bonds is 7. The van der Waals surface area contributed by atoms with E-state index in [0.29, 0.717) is 30.3 Å². The van der Waals surface area contributed by atoms with Gasteiger partial charge in [-0.3, -0.25) is 9.59 Å². The van der Waals surface area contributed by atoms with Crippen molar-refractivity contribution in [2.45, 2.75) is 71.4 Å². The average molecular weight is 517 g/mol. The highest BCUT2D eigenvalue weighted by Gasteiger charge is 2.78. The predicted octanol–water partition coefficient (Wildman–Crippen LogP) is 4.86. The van der Waals surface area contributed by atoms with Gasteiger partial charge in [0, 0.05) is 40.9 Å². The number of fused-ring (bicyclic) bond motifs is 1. The van der Waals surface area contributed by atoms with Gasteiger partial charge in [0.1, 0.15) is 18.0 Å². The van der Waals surface area contributed by atoms with Crippen molar-refractivity contribution in [3.05, 3.63) is 29.3 Å². The topological polar surface area (TPSA) is 84.9 Å². The number of benzene rings is 1. The summed E-state index contributed by atoms with van der Waals surface area (Å²) >= 11 is 6.09. The van der Waals surface area contributed by atoms with Crippen molar-refractivity contribution < 1.29 is 23.9 Å². The number of halogens is 1. The van der Waals surface area contributed by atoms with E-state index in [2.05, 4.69) is 19.2 Å². The first kappa shape index (κ1) is 25.4. The number of hydrogen-bond acceptors (Lipinski definition) is 5. The van der Waals surface area contributed by atoms with Crippen LogP contribution >= 0.6 is 11.6 Å². The van der Waals surface area contributed by atoms with Gasteiger partial charge >= 0.3 is 6.09 Å². The van der Waals surface area contributed by atoms with Crippen molar-refractivity contribution in [2.75, 3.05) is 19.7 Å². The Hall–Kier alpha value is -2.28. The molecule has 4 fully saturated rings. The summed E-state index contributed by atoms with van der Waals surface area (Å²) in [7, 11) is 0. The van der Waals surface area contributed by atoms with Crippen LogP contribution in [0, 0.1) is 28.6 Å². The number of ketones is 1. The van der Waals surface area contributed by atoms with Crippen LogP contribution in [0.3, 0.4) is 0 Å². The van der Waals surface area contributed by atoms with E-state index in [9.17, 15) is 14.4 Å². The summed E-state index contributed by atoms with van der Waals surface area (Å²) in [4.78, 5) is 41.4. The van der Waals surface area contributed by atoms with Crippen LogP contribution in [-0.2, 0) is 14.3 Å². The normalized spacial score (nSPS) is 29.9. The third-order valence-electron chi connectivity index (χ3n) is 9.07. The van der Waals surface area contributed by atoms with E-state index in [1.54, 1.807) is 29.2 Å². The molecule has 0 radical (unpaired) electrons. The Balaban J connectivity index is 1.38. The van der Waals surface area contributed by atoms with Gasteiger partial charge in [0.2, 0.25) is 5.91 Å². The average Bonchev–Trinajstić information content (AvgIpc) is 3.45. The zero-order chi connectivity index (χ0) is 26.1. The molecule has 5 rings (SSSR count). The lowest BCUT2D eigenvalue weighted by atomic mass is 9.74. The Labute approximate surface area is 218 Å². The number of likely N-dealkylation sites (tertiary alicyclic amines) is 1. The second kappa shape index (κ2) is 8.37. The number of Topliss-reactive ketones (excluding diaryl/α,β-unsaturated/α-hetero) is 1. The summed E-state index contributed by atoms with van der Waals surface area (Å²) in [5, 5.41) is 3.71. The minimum atomic E-state index is -0.590. The molecule has 36 heavy (non-hydrogen) atoms. The number of nitrogens with zero attached hydrogens (tertiary/aromatic N) is 1. The molecule has 2 saturated heterocycles. The SMILES string of the molecule is CC(C)(C)OC(=O)N1CC2C(C)(C)C2([C@H](CC2CC3(CC3)NC2=O)C(=O)COc2cccc(Cl)c2)C1. The zero-order valence-electron chi connectivity index (χ0n) is 21.9. The lowest BCUT2D eigenvalue weighted by molar-refractivity contribution is -0.130. The number of hydrogen-bond donors (Lipinski definition) is 1. The monoisotopic (exact) mass is 516 g/mol. The maximum absolute atomic E-state index is 13.9. The third-order valence-corrected chi connectivity index (χ3v) is 9.31. The van der Waals surface area contributed by atoms with Gasteiger partial charge in [0.25, 0.3) is 0 Å². The van der Waals surface area contributed by atoms with Crippen molar-refractivity contribution in [3.63, 3.8) is 0 Å². The van der Waals surface area contributed by atoms with Gasteiger partial charge in [-0.1, -0.05) is 31.5 Å². The Bertz CT molecular complexity index is 1090. The minimum absolute atomic E-state index is 0.0267. The molecular weight excluding hydrogens is 480 g/mol. The largest absolute Gasteiger partial charge is 0.486 e. The third kappa shape index (κ3) is 4.37. The fourth-order valence-corrected chi connectivity index (χ4v) is 7.13. The van der Waals surface area contributed by atoms with E-state index in [1.807, 2.05) is 20.8 Å². The molecule has 2 heterocycles. The van der Waals surface area contributed by atoms with Crippen LogP contribution in [0.15, 0.2) is 24.3 Å². The van der Waals surface area contributed by atoms with Crippen molar-refractivity contribution in [3.8, 4) is 5.75 Å². The van der Waals surface area contributed by atoms with E-state index in [4.69, 9.17) is 21.1 Å². The fraction of sp³-hybridized carbons (Fsp3) is 0.679. The van der Waals surface area contributed by atoms with Gasteiger partial charge in [-0.15, -0.1) is 0 Å². The van der Waals surface area contributed by atoms with Gasteiger partial charge in [-0.05, 0) is 76.0 Å². The van der Waals surface area contributed by atoms with Crippen molar-refractivity contribution in [1.82, 2.24) is 10.2 Å². The summed E-state index contributed by atoms with van der Waals surface area (Å²) in [6.07, 6.45) is 2.94. The molecule has 8 heteroatoms. The number of nitrogens with one attached hydrogen (secondary N) is 1. The molecule has 1 aromatic carbocycles. The Morgan fingerprint density at radius 3 is 2.58 bits per heavy atom. The van der Waals surface area contributed by atoms with Crippen molar-refractivity contribution in [1.29, 1.82) is 0 Å². The molecule has 2 aliphatic heterocycles. The van der Waals surface area contributed by atoms with Gasteiger partial charge in [0.05, 0.1) is 0 Å². The van der Waals surface area contributed by atoms with Crippen molar-refractivity contribution in [2.24, 2.45) is 28.6 Å². The molecule has 1 spiro atoms. The summed E-state index contributed by atoms with van der Waals surface area (Å²) in [6, 6.07) is 7.00. The van der Waals surface area contributed by atoms with Crippen LogP contribution in [0.5, 0.6) is 5.75 Å². The summed E-state index contributed by atoms with van der Waals surface area (Å²) in [5.41, 5.74) is -1.18.